The summed E-state index contributed by atoms with van der Waals surface area (Å²) in [5.41, 5.74) is 3.29. The van der Waals surface area contributed by atoms with E-state index in [9.17, 15) is 4.79 Å². The zero-order valence-electron chi connectivity index (χ0n) is 9.61. The Balaban J connectivity index is 2.06. The summed E-state index contributed by atoms with van der Waals surface area (Å²) in [6, 6.07) is 1.96. The first-order valence-electron chi connectivity index (χ1n) is 5.41. The molecule has 1 amide bonds. The summed E-state index contributed by atoms with van der Waals surface area (Å²) in [6.45, 7) is 1.84. The van der Waals surface area contributed by atoms with Crippen LogP contribution in [0.2, 0.25) is 0 Å². The Kier molecular flexibility index (Phi) is 5.60. The second kappa shape index (κ2) is 7.03. The number of nitrogens with zero attached hydrogens (tertiary/aromatic N) is 1. The van der Waals surface area contributed by atoms with Gasteiger partial charge in [0.25, 0.3) is 0 Å². The molecule has 0 fully saturated rings. The SMILES string of the molecule is CN(CCCCC(=O)NN)Cc1ccoc1. The molecule has 0 atom stereocenters. The molecule has 5 heteroatoms. The molecule has 0 unspecified atom stereocenters. The molecule has 90 valence electrons. The van der Waals surface area contributed by atoms with Crippen molar-refractivity contribution in [2.75, 3.05) is 13.6 Å². The van der Waals surface area contributed by atoms with Crippen LogP contribution in [0, 0.1) is 0 Å². The number of carbonyl (C=O) groups excluding carboxylic acids is 1. The van der Waals surface area contributed by atoms with Crippen LogP contribution in [0.1, 0.15) is 24.8 Å². The molecule has 5 nitrogen and oxygen atoms in total. The molecule has 0 aliphatic carbocycles. The van der Waals surface area contributed by atoms with Gasteiger partial charge in [0, 0.05) is 18.5 Å². The molecule has 1 rings (SSSR count). The van der Waals surface area contributed by atoms with Crippen molar-refractivity contribution >= 4 is 5.91 Å². The molecule has 1 heterocycles. The molecule has 0 spiro atoms. The first-order valence-corrected chi connectivity index (χ1v) is 5.41. The smallest absolute Gasteiger partial charge is 0.233 e. The topological polar surface area (TPSA) is 71.5 Å². The van der Waals surface area contributed by atoms with E-state index >= 15 is 0 Å². The van der Waals surface area contributed by atoms with Crippen LogP contribution in [-0.2, 0) is 11.3 Å². The Morgan fingerprint density at radius 3 is 3.00 bits per heavy atom. The highest BCUT2D eigenvalue weighted by Crippen LogP contribution is 2.05. The molecular weight excluding hydrogens is 206 g/mol. The first kappa shape index (κ1) is 12.7. The molecule has 3 N–H and O–H groups in total. The van der Waals surface area contributed by atoms with Crippen LogP contribution in [0.3, 0.4) is 0 Å². The van der Waals surface area contributed by atoms with Gasteiger partial charge in [-0.3, -0.25) is 10.2 Å². The second-order valence-electron chi connectivity index (χ2n) is 3.89. The van der Waals surface area contributed by atoms with E-state index in [1.807, 2.05) is 6.07 Å². The van der Waals surface area contributed by atoms with Crippen LogP contribution in [0.5, 0.6) is 0 Å². The van der Waals surface area contributed by atoms with Crippen molar-refractivity contribution in [1.29, 1.82) is 0 Å². The number of nitrogens with two attached hydrogens (primary N) is 1. The van der Waals surface area contributed by atoms with Crippen molar-refractivity contribution in [2.24, 2.45) is 5.84 Å². The van der Waals surface area contributed by atoms with Crippen molar-refractivity contribution in [3.05, 3.63) is 24.2 Å². The van der Waals surface area contributed by atoms with Gasteiger partial charge in [0.05, 0.1) is 12.5 Å². The number of hydrogen-bond donors (Lipinski definition) is 2. The Morgan fingerprint density at radius 1 is 1.56 bits per heavy atom. The highest BCUT2D eigenvalue weighted by molar-refractivity contribution is 5.75. The van der Waals surface area contributed by atoms with E-state index in [0.717, 1.165) is 25.9 Å². The Bertz CT molecular complexity index is 298. The molecule has 1 aromatic heterocycles. The number of unbranched alkanes of at least 4 members (excludes halogenated alkanes) is 1. The van der Waals surface area contributed by atoms with Gasteiger partial charge in [0.1, 0.15) is 0 Å². The maximum absolute atomic E-state index is 10.9. The molecule has 0 aromatic carbocycles. The monoisotopic (exact) mass is 225 g/mol. The van der Waals surface area contributed by atoms with E-state index in [1.165, 1.54) is 5.56 Å². The predicted molar refractivity (Wildman–Crippen MR) is 61.2 cm³/mol. The van der Waals surface area contributed by atoms with E-state index < -0.39 is 0 Å². The van der Waals surface area contributed by atoms with Crippen molar-refractivity contribution in [2.45, 2.75) is 25.8 Å². The van der Waals surface area contributed by atoms with Gasteiger partial charge in [-0.25, -0.2) is 5.84 Å². The minimum atomic E-state index is -0.0995. The Morgan fingerprint density at radius 2 is 2.38 bits per heavy atom. The fraction of sp³-hybridized carbons (Fsp3) is 0.545. The van der Waals surface area contributed by atoms with E-state index in [-0.39, 0.29) is 5.91 Å². The van der Waals surface area contributed by atoms with Crippen molar-refractivity contribution < 1.29 is 9.21 Å². The van der Waals surface area contributed by atoms with Gasteiger partial charge in [-0.15, -0.1) is 0 Å². The average molecular weight is 225 g/mol. The molecule has 0 radical (unpaired) electrons. The lowest BCUT2D eigenvalue weighted by Crippen LogP contribution is -2.29. The zero-order valence-corrected chi connectivity index (χ0v) is 9.61. The summed E-state index contributed by atoms with van der Waals surface area (Å²) < 4.78 is 4.99. The van der Waals surface area contributed by atoms with Crippen LogP contribution in [0.15, 0.2) is 23.0 Å². The zero-order chi connectivity index (χ0) is 11.8. The van der Waals surface area contributed by atoms with E-state index in [2.05, 4.69) is 17.4 Å². The van der Waals surface area contributed by atoms with Crippen LogP contribution >= 0.6 is 0 Å². The van der Waals surface area contributed by atoms with Gasteiger partial charge in [-0.1, -0.05) is 0 Å². The second-order valence-corrected chi connectivity index (χ2v) is 3.89. The molecule has 0 aliphatic rings. The van der Waals surface area contributed by atoms with Crippen LogP contribution in [0.4, 0.5) is 0 Å². The maximum atomic E-state index is 10.9. The lowest BCUT2D eigenvalue weighted by Gasteiger charge is -2.14. The molecule has 1 aromatic rings. The van der Waals surface area contributed by atoms with Gasteiger partial charge in [0.2, 0.25) is 5.91 Å². The minimum Gasteiger partial charge on any atom is -0.472 e. The van der Waals surface area contributed by atoms with Crippen LogP contribution in [-0.4, -0.2) is 24.4 Å². The van der Waals surface area contributed by atoms with E-state index in [0.29, 0.717) is 6.42 Å². The van der Waals surface area contributed by atoms with Gasteiger partial charge < -0.3 is 9.32 Å². The number of carbonyl (C=O) groups is 1. The number of nitrogens with one attached hydrogen (secondary N) is 1. The highest BCUT2D eigenvalue weighted by atomic mass is 16.3. The maximum Gasteiger partial charge on any atom is 0.233 e. The minimum absolute atomic E-state index is 0.0995. The molecular formula is C11H19N3O2. The summed E-state index contributed by atoms with van der Waals surface area (Å²) >= 11 is 0. The number of hydrazine groups is 1. The summed E-state index contributed by atoms with van der Waals surface area (Å²) in [5.74, 6) is 4.88. The standard InChI is InChI=1S/C11H19N3O2/c1-14(8-10-5-7-16-9-10)6-3-2-4-11(15)13-12/h5,7,9H,2-4,6,8,12H2,1H3,(H,13,15). The number of rotatable bonds is 7. The third-order valence-corrected chi connectivity index (χ3v) is 2.39. The quantitative estimate of drug-likeness (QED) is 0.312. The fourth-order valence-electron chi connectivity index (χ4n) is 1.51. The van der Waals surface area contributed by atoms with Crippen molar-refractivity contribution in [3.63, 3.8) is 0 Å². The third kappa shape index (κ3) is 4.95. The largest absolute Gasteiger partial charge is 0.472 e. The van der Waals surface area contributed by atoms with Crippen LogP contribution in [0.25, 0.3) is 0 Å². The van der Waals surface area contributed by atoms with Gasteiger partial charge in [-0.2, -0.15) is 0 Å². The van der Waals surface area contributed by atoms with E-state index in [4.69, 9.17) is 10.3 Å². The lowest BCUT2D eigenvalue weighted by molar-refractivity contribution is -0.121. The van der Waals surface area contributed by atoms with Crippen LogP contribution < -0.4 is 11.3 Å². The first-order chi connectivity index (χ1) is 7.72. The molecule has 16 heavy (non-hydrogen) atoms. The molecule has 0 aliphatic heterocycles. The number of amides is 1. The molecule has 0 saturated heterocycles. The Hall–Kier alpha value is -1.33. The number of hydrogen-bond acceptors (Lipinski definition) is 4. The summed E-state index contributed by atoms with van der Waals surface area (Å²) in [5, 5.41) is 0. The average Bonchev–Trinajstić information content (AvgIpc) is 2.76. The van der Waals surface area contributed by atoms with Gasteiger partial charge in [0.15, 0.2) is 0 Å². The lowest BCUT2D eigenvalue weighted by atomic mass is 10.2. The van der Waals surface area contributed by atoms with Crippen molar-refractivity contribution in [3.8, 4) is 0 Å². The molecule has 0 bridgehead atoms. The van der Waals surface area contributed by atoms with Gasteiger partial charge >= 0.3 is 0 Å². The summed E-state index contributed by atoms with van der Waals surface area (Å²) in [4.78, 5) is 13.1. The third-order valence-electron chi connectivity index (χ3n) is 2.39. The van der Waals surface area contributed by atoms with Gasteiger partial charge in [-0.05, 0) is 32.5 Å². The molecule has 0 saturated carbocycles. The van der Waals surface area contributed by atoms with E-state index in [1.54, 1.807) is 12.5 Å². The fourth-order valence-corrected chi connectivity index (χ4v) is 1.51. The highest BCUT2D eigenvalue weighted by Gasteiger charge is 2.02. The predicted octanol–water partition coefficient (Wildman–Crippen LogP) is 0.872. The van der Waals surface area contributed by atoms with Crippen molar-refractivity contribution in [1.82, 2.24) is 10.3 Å². The Labute approximate surface area is 95.6 Å². The summed E-state index contributed by atoms with van der Waals surface area (Å²) in [6.07, 6.45) is 5.77. The number of furan rings is 1. The summed E-state index contributed by atoms with van der Waals surface area (Å²) in [7, 11) is 2.05. The normalized spacial score (nSPS) is 10.7.